The fourth-order valence-electron chi connectivity index (χ4n) is 0.964. The fourth-order valence-corrected chi connectivity index (χ4v) is 0.964. The normalized spacial score (nSPS) is 11.2. The van der Waals surface area contributed by atoms with Crippen molar-refractivity contribution >= 4 is 6.08 Å². The molecule has 0 aliphatic carbocycles. The van der Waals surface area contributed by atoms with Crippen LogP contribution >= 0.6 is 0 Å². The molecule has 0 atom stereocenters. The summed E-state index contributed by atoms with van der Waals surface area (Å²) in [7, 11) is 0. The Morgan fingerprint density at radius 1 is 1.21 bits per heavy atom. The number of nitro groups is 1. The van der Waals surface area contributed by atoms with Crippen LogP contribution in [0.5, 0.6) is 0 Å². The van der Waals surface area contributed by atoms with Crippen LogP contribution in [-0.2, 0) is 0 Å². The van der Waals surface area contributed by atoms with Crippen LogP contribution in [0.1, 0.15) is 11.1 Å². The lowest BCUT2D eigenvalue weighted by Gasteiger charge is -1.92. The zero-order chi connectivity index (χ0) is 10.4. The summed E-state index contributed by atoms with van der Waals surface area (Å²) in [6.07, 6.45) is 5.78. The number of benzene rings is 1. The Bertz CT molecular complexity index is 363. The first-order chi connectivity index (χ1) is 6.68. The summed E-state index contributed by atoms with van der Waals surface area (Å²) in [5, 5.41) is 9.94. The molecule has 0 unspecified atom stereocenters. The Balaban J connectivity index is 2.60. The third-order valence-corrected chi connectivity index (χ3v) is 1.68. The highest BCUT2D eigenvalue weighted by molar-refractivity contribution is 5.51. The first-order valence-corrected chi connectivity index (χ1v) is 4.23. The van der Waals surface area contributed by atoms with Gasteiger partial charge in [0.2, 0.25) is 6.20 Å². The largest absolute Gasteiger partial charge is 0.259 e. The van der Waals surface area contributed by atoms with Gasteiger partial charge in [-0.25, -0.2) is 0 Å². The quantitative estimate of drug-likeness (QED) is 0.417. The number of rotatable bonds is 3. The van der Waals surface area contributed by atoms with E-state index in [1.165, 1.54) is 11.6 Å². The Kier molecular flexibility index (Phi) is 3.61. The predicted octanol–water partition coefficient (Wildman–Crippen LogP) is 2.80. The fraction of sp³-hybridized carbons (Fsp3) is 0.0909. The van der Waals surface area contributed by atoms with Crippen molar-refractivity contribution in [3.8, 4) is 0 Å². The standard InChI is InChI=1S/C11H11NO2/c1-10-5-7-11(8-6-10)4-2-3-9-12(13)14/h2-9H,1H3. The molecule has 0 fully saturated rings. The van der Waals surface area contributed by atoms with Gasteiger partial charge < -0.3 is 0 Å². The highest BCUT2D eigenvalue weighted by Gasteiger charge is 1.85. The van der Waals surface area contributed by atoms with Crippen LogP contribution in [0.3, 0.4) is 0 Å². The van der Waals surface area contributed by atoms with Crippen LogP contribution in [0.25, 0.3) is 6.08 Å². The van der Waals surface area contributed by atoms with E-state index in [1.54, 1.807) is 6.08 Å². The van der Waals surface area contributed by atoms with Crippen molar-refractivity contribution in [1.82, 2.24) is 0 Å². The SMILES string of the molecule is Cc1ccc(C=CC=C[N+](=O)[O-])cc1. The minimum Gasteiger partial charge on any atom is -0.259 e. The molecule has 1 aromatic rings. The van der Waals surface area contributed by atoms with Crippen molar-refractivity contribution in [2.45, 2.75) is 6.92 Å². The summed E-state index contributed by atoms with van der Waals surface area (Å²) in [6.45, 7) is 2.01. The summed E-state index contributed by atoms with van der Waals surface area (Å²) in [4.78, 5) is 9.45. The number of hydrogen-bond donors (Lipinski definition) is 0. The molecule has 0 bridgehead atoms. The molecule has 0 aliphatic heterocycles. The molecule has 1 rings (SSSR count). The van der Waals surface area contributed by atoms with E-state index < -0.39 is 4.92 Å². The van der Waals surface area contributed by atoms with E-state index in [9.17, 15) is 10.1 Å². The van der Waals surface area contributed by atoms with Gasteiger partial charge in [0, 0.05) is 6.08 Å². The van der Waals surface area contributed by atoms with Gasteiger partial charge in [0.15, 0.2) is 0 Å². The van der Waals surface area contributed by atoms with E-state index in [-0.39, 0.29) is 0 Å². The Morgan fingerprint density at radius 2 is 1.86 bits per heavy atom. The Hall–Kier alpha value is -1.90. The van der Waals surface area contributed by atoms with Crippen LogP contribution in [0.4, 0.5) is 0 Å². The summed E-state index contributed by atoms with van der Waals surface area (Å²) < 4.78 is 0. The molecule has 0 aliphatic rings. The summed E-state index contributed by atoms with van der Waals surface area (Å²) >= 11 is 0. The molecular weight excluding hydrogens is 178 g/mol. The van der Waals surface area contributed by atoms with E-state index in [4.69, 9.17) is 0 Å². The number of hydrogen-bond acceptors (Lipinski definition) is 2. The average molecular weight is 189 g/mol. The minimum atomic E-state index is -0.487. The molecule has 0 radical (unpaired) electrons. The smallest absolute Gasteiger partial charge is 0.234 e. The predicted molar refractivity (Wildman–Crippen MR) is 56.3 cm³/mol. The molecule has 0 heterocycles. The number of aryl methyl sites for hydroxylation is 1. The van der Waals surface area contributed by atoms with Gasteiger partial charge in [-0.3, -0.25) is 10.1 Å². The molecule has 3 heteroatoms. The molecule has 0 N–H and O–H groups in total. The molecule has 0 saturated carbocycles. The zero-order valence-electron chi connectivity index (χ0n) is 7.88. The number of nitrogens with zero attached hydrogens (tertiary/aromatic N) is 1. The highest BCUT2D eigenvalue weighted by Crippen LogP contribution is 2.04. The maximum absolute atomic E-state index is 9.94. The second-order valence-electron chi connectivity index (χ2n) is 2.90. The van der Waals surface area contributed by atoms with Gasteiger partial charge in [-0.1, -0.05) is 42.0 Å². The third-order valence-electron chi connectivity index (χ3n) is 1.68. The Labute approximate surface area is 82.5 Å². The second-order valence-corrected chi connectivity index (χ2v) is 2.90. The Morgan fingerprint density at radius 3 is 2.43 bits per heavy atom. The molecule has 0 spiro atoms. The molecule has 3 nitrogen and oxygen atoms in total. The van der Waals surface area contributed by atoms with Crippen LogP contribution < -0.4 is 0 Å². The summed E-state index contributed by atoms with van der Waals surface area (Å²) in [5.41, 5.74) is 2.23. The van der Waals surface area contributed by atoms with Crippen LogP contribution in [0.15, 0.2) is 42.6 Å². The zero-order valence-corrected chi connectivity index (χ0v) is 7.88. The lowest BCUT2D eigenvalue weighted by molar-refractivity contribution is -0.402. The van der Waals surface area contributed by atoms with Crippen molar-refractivity contribution in [1.29, 1.82) is 0 Å². The first-order valence-electron chi connectivity index (χ1n) is 4.23. The van der Waals surface area contributed by atoms with E-state index >= 15 is 0 Å². The van der Waals surface area contributed by atoms with Gasteiger partial charge in [-0.15, -0.1) is 0 Å². The van der Waals surface area contributed by atoms with Crippen LogP contribution in [0.2, 0.25) is 0 Å². The van der Waals surface area contributed by atoms with Gasteiger partial charge in [0.25, 0.3) is 0 Å². The van der Waals surface area contributed by atoms with Crippen molar-refractivity contribution in [2.75, 3.05) is 0 Å². The topological polar surface area (TPSA) is 43.1 Å². The average Bonchev–Trinajstić information content (AvgIpc) is 2.15. The van der Waals surface area contributed by atoms with Crippen molar-refractivity contribution in [2.24, 2.45) is 0 Å². The van der Waals surface area contributed by atoms with Gasteiger partial charge in [0.1, 0.15) is 0 Å². The van der Waals surface area contributed by atoms with E-state index in [0.29, 0.717) is 0 Å². The molecule has 0 saturated heterocycles. The van der Waals surface area contributed by atoms with E-state index in [2.05, 4.69) is 0 Å². The third kappa shape index (κ3) is 3.67. The van der Waals surface area contributed by atoms with Crippen LogP contribution in [0, 0.1) is 17.0 Å². The van der Waals surface area contributed by atoms with Gasteiger partial charge >= 0.3 is 0 Å². The lowest BCUT2D eigenvalue weighted by atomic mass is 10.1. The monoisotopic (exact) mass is 189 g/mol. The van der Waals surface area contributed by atoms with Gasteiger partial charge in [0.05, 0.1) is 4.92 Å². The van der Waals surface area contributed by atoms with Gasteiger partial charge in [-0.05, 0) is 12.5 Å². The van der Waals surface area contributed by atoms with Gasteiger partial charge in [-0.2, -0.15) is 0 Å². The maximum atomic E-state index is 9.94. The molecule has 0 aromatic heterocycles. The number of allylic oxidation sites excluding steroid dienone is 2. The van der Waals surface area contributed by atoms with Crippen molar-refractivity contribution < 1.29 is 4.92 Å². The maximum Gasteiger partial charge on any atom is 0.234 e. The van der Waals surface area contributed by atoms with Crippen molar-refractivity contribution in [3.63, 3.8) is 0 Å². The molecule has 1 aromatic carbocycles. The lowest BCUT2D eigenvalue weighted by Crippen LogP contribution is -1.80. The second kappa shape index (κ2) is 4.97. The first kappa shape index (κ1) is 10.2. The van der Waals surface area contributed by atoms with E-state index in [1.807, 2.05) is 37.3 Å². The highest BCUT2D eigenvalue weighted by atomic mass is 16.6. The molecule has 0 amide bonds. The van der Waals surface area contributed by atoms with Crippen LogP contribution in [-0.4, -0.2) is 4.92 Å². The molecular formula is C11H11NO2. The van der Waals surface area contributed by atoms with Crippen molar-refractivity contribution in [3.05, 3.63) is 63.9 Å². The minimum absolute atomic E-state index is 0.487. The molecule has 14 heavy (non-hydrogen) atoms. The molecule has 72 valence electrons. The summed E-state index contributed by atoms with van der Waals surface area (Å²) in [6, 6.07) is 7.92. The summed E-state index contributed by atoms with van der Waals surface area (Å²) in [5.74, 6) is 0. The van der Waals surface area contributed by atoms with E-state index in [0.717, 1.165) is 11.8 Å².